The molecule has 1 atom stereocenters. The Morgan fingerprint density at radius 3 is 2.60 bits per heavy atom. The van der Waals surface area contributed by atoms with Crippen molar-refractivity contribution in [2.45, 2.75) is 58.0 Å². The van der Waals surface area contributed by atoms with Crippen molar-refractivity contribution in [1.82, 2.24) is 29.2 Å². The van der Waals surface area contributed by atoms with Crippen molar-refractivity contribution in [2.24, 2.45) is 18.9 Å². The minimum absolute atomic E-state index is 0.198. The Balaban J connectivity index is 1.28. The maximum Gasteiger partial charge on any atom is 0.258 e. The Kier molecular flexibility index (Phi) is 7.33. The molecule has 0 radical (unpaired) electrons. The number of likely N-dealkylation sites (tertiary alicyclic amines) is 1. The molecule has 2 bridgehead atoms. The molecule has 2 aliphatic heterocycles. The number of rotatable bonds is 3. The van der Waals surface area contributed by atoms with Crippen molar-refractivity contribution >= 4 is 28.6 Å². The van der Waals surface area contributed by atoms with Crippen molar-refractivity contribution in [2.75, 3.05) is 44.0 Å². The van der Waals surface area contributed by atoms with Crippen LogP contribution in [0.4, 0.5) is 11.6 Å². The van der Waals surface area contributed by atoms with E-state index in [1.165, 1.54) is 18.5 Å². The number of aryl methyl sites for hydroxylation is 2. The lowest BCUT2D eigenvalue weighted by Crippen LogP contribution is -2.41. The number of fused-ring (bicyclic) bond motifs is 7. The maximum atomic E-state index is 13.8. The Bertz CT molecular complexity index is 1650. The first-order chi connectivity index (χ1) is 20.8. The highest BCUT2D eigenvalue weighted by Crippen LogP contribution is 2.41. The average Bonchev–Trinajstić information content (AvgIpc) is 3.70. The van der Waals surface area contributed by atoms with Gasteiger partial charge in [0.1, 0.15) is 0 Å². The molecular formula is C33H42N8O2. The second-order valence-corrected chi connectivity index (χ2v) is 12.8. The van der Waals surface area contributed by atoms with E-state index < -0.39 is 0 Å². The number of carbonyl (C=O) groups is 1. The van der Waals surface area contributed by atoms with Crippen LogP contribution < -0.4 is 15.0 Å². The van der Waals surface area contributed by atoms with Gasteiger partial charge in [-0.05, 0) is 108 Å². The summed E-state index contributed by atoms with van der Waals surface area (Å²) >= 11 is 0. The first kappa shape index (κ1) is 27.9. The third-order valence-electron chi connectivity index (χ3n) is 9.64. The number of piperidine rings is 1. The molecule has 10 heteroatoms. The summed E-state index contributed by atoms with van der Waals surface area (Å²) in [4.78, 5) is 28.4. The molecule has 3 aromatic heterocycles. The van der Waals surface area contributed by atoms with Gasteiger partial charge in [-0.2, -0.15) is 5.10 Å². The molecule has 3 aliphatic rings. The molecule has 1 saturated carbocycles. The summed E-state index contributed by atoms with van der Waals surface area (Å²) in [6, 6.07) is 10.7. The smallest absolute Gasteiger partial charge is 0.258 e. The highest BCUT2D eigenvalue weighted by molar-refractivity contribution is 6.05. The molecule has 7 rings (SSSR count). The van der Waals surface area contributed by atoms with E-state index in [1.54, 1.807) is 10.9 Å². The van der Waals surface area contributed by atoms with Crippen molar-refractivity contribution < 1.29 is 9.53 Å². The normalized spacial score (nSPS) is 20.5. The number of amides is 1. The average molecular weight is 583 g/mol. The summed E-state index contributed by atoms with van der Waals surface area (Å²) in [5.41, 5.74) is 5.93. The van der Waals surface area contributed by atoms with E-state index in [0.717, 1.165) is 67.6 Å². The monoisotopic (exact) mass is 582 g/mol. The van der Waals surface area contributed by atoms with Crippen LogP contribution in [0.1, 0.15) is 54.6 Å². The third kappa shape index (κ3) is 5.60. The van der Waals surface area contributed by atoms with Crippen molar-refractivity contribution in [1.29, 1.82) is 0 Å². The molecule has 43 heavy (non-hydrogen) atoms. The van der Waals surface area contributed by atoms with Crippen LogP contribution >= 0.6 is 0 Å². The first-order valence-corrected chi connectivity index (χ1v) is 15.7. The summed E-state index contributed by atoms with van der Waals surface area (Å²) in [5.74, 6) is 2.26. The van der Waals surface area contributed by atoms with Gasteiger partial charge in [0.05, 0.1) is 35.1 Å². The fourth-order valence-corrected chi connectivity index (χ4v) is 6.88. The minimum atomic E-state index is -0.198. The van der Waals surface area contributed by atoms with E-state index in [-0.39, 0.29) is 5.91 Å². The lowest BCUT2D eigenvalue weighted by molar-refractivity contribution is 0.102. The first-order valence-electron chi connectivity index (χ1n) is 15.7. The van der Waals surface area contributed by atoms with Crippen molar-refractivity contribution in [3.8, 4) is 17.1 Å². The number of nitrogens with zero attached hydrogens (tertiary/aromatic N) is 7. The number of anilines is 2. The number of benzene rings is 1. The van der Waals surface area contributed by atoms with E-state index in [0.29, 0.717) is 47.6 Å². The Labute approximate surface area is 253 Å². The topological polar surface area (TPSA) is 93.3 Å². The van der Waals surface area contributed by atoms with Crippen LogP contribution in [0.5, 0.6) is 5.88 Å². The van der Waals surface area contributed by atoms with Crippen LogP contribution in [0.25, 0.3) is 22.3 Å². The number of imidazole rings is 1. The van der Waals surface area contributed by atoms with Gasteiger partial charge in [0, 0.05) is 43.6 Å². The van der Waals surface area contributed by atoms with Gasteiger partial charge in [-0.1, -0.05) is 0 Å². The molecule has 0 unspecified atom stereocenters. The number of hydrogen-bond donors (Lipinski definition) is 1. The van der Waals surface area contributed by atoms with E-state index in [1.807, 2.05) is 26.1 Å². The predicted octanol–water partition coefficient (Wildman–Crippen LogP) is 5.12. The Morgan fingerprint density at radius 2 is 1.81 bits per heavy atom. The van der Waals surface area contributed by atoms with E-state index in [4.69, 9.17) is 14.7 Å². The summed E-state index contributed by atoms with van der Waals surface area (Å²) in [7, 11) is 6.30. The number of aromatic nitrogens is 5. The van der Waals surface area contributed by atoms with E-state index in [2.05, 4.69) is 57.1 Å². The second kappa shape index (κ2) is 11.3. The quantitative estimate of drug-likeness (QED) is 0.358. The number of pyridine rings is 1. The van der Waals surface area contributed by atoms with Gasteiger partial charge in [-0.3, -0.25) is 15.1 Å². The summed E-state index contributed by atoms with van der Waals surface area (Å²) in [6.07, 6.45) is 8.58. The van der Waals surface area contributed by atoms with Gasteiger partial charge in [0.15, 0.2) is 0 Å². The molecular weight excluding hydrogens is 540 g/mol. The number of hydrogen-bond acceptors (Lipinski definition) is 7. The van der Waals surface area contributed by atoms with Crippen LogP contribution in [-0.4, -0.2) is 75.0 Å². The van der Waals surface area contributed by atoms with Gasteiger partial charge < -0.3 is 19.1 Å². The lowest BCUT2D eigenvalue weighted by atomic mass is 9.97. The van der Waals surface area contributed by atoms with Crippen LogP contribution in [0, 0.1) is 18.8 Å². The van der Waals surface area contributed by atoms with Gasteiger partial charge in [0.2, 0.25) is 11.8 Å². The van der Waals surface area contributed by atoms with Crippen molar-refractivity contribution in [3.63, 3.8) is 0 Å². The van der Waals surface area contributed by atoms with E-state index in [9.17, 15) is 4.79 Å². The Morgan fingerprint density at radius 1 is 1.00 bits per heavy atom. The fourth-order valence-electron chi connectivity index (χ4n) is 6.88. The molecule has 1 aliphatic carbocycles. The number of carbonyl (C=O) groups excluding carboxylic acids is 1. The van der Waals surface area contributed by atoms with Gasteiger partial charge in [-0.25, -0.2) is 9.67 Å². The van der Waals surface area contributed by atoms with Crippen LogP contribution in [-0.2, 0) is 13.6 Å². The molecule has 1 saturated heterocycles. The number of ether oxygens (including phenoxy) is 1. The molecule has 226 valence electrons. The molecule has 1 aromatic carbocycles. The molecule has 5 heterocycles. The zero-order chi connectivity index (χ0) is 29.7. The zero-order valence-electron chi connectivity index (χ0n) is 25.7. The molecule has 2 fully saturated rings. The standard InChI is InChI=1S/C33H42N8O2/c1-21-16-24-17-29(35-21)27-19-34-40(4)32(27)43-15-5-6-23(22-7-8-22)20-41-30-18-26(39(3)25-11-13-38(2)14-12-25)9-10-28(30)36-33(41)37-31(24)42/h9-10,16-19,22-23,25H,5-8,11-15,20H2,1-4H3,(H,36,37,42)/t23-/m1/s1. The van der Waals surface area contributed by atoms with Gasteiger partial charge in [0.25, 0.3) is 5.91 Å². The van der Waals surface area contributed by atoms with Crippen LogP contribution in [0.15, 0.2) is 36.5 Å². The van der Waals surface area contributed by atoms with Crippen molar-refractivity contribution in [3.05, 3.63) is 47.8 Å². The SMILES string of the molecule is Cc1cc2cc(n1)-c1cnn(C)c1OCCC[C@@H](C1CC1)Cn1c(nc3ccc(N(C)C4CCN(C)CC4)cc31)NC2=O. The second-order valence-electron chi connectivity index (χ2n) is 12.8. The molecule has 0 spiro atoms. The molecule has 1 N–H and O–H groups in total. The van der Waals surface area contributed by atoms with Gasteiger partial charge >= 0.3 is 0 Å². The largest absolute Gasteiger partial charge is 0.477 e. The van der Waals surface area contributed by atoms with Crippen LogP contribution in [0.2, 0.25) is 0 Å². The zero-order valence-corrected chi connectivity index (χ0v) is 25.7. The molecule has 10 nitrogen and oxygen atoms in total. The molecule has 1 amide bonds. The lowest BCUT2D eigenvalue weighted by Gasteiger charge is -2.36. The fraction of sp³-hybridized carbons (Fsp3) is 0.515. The predicted molar refractivity (Wildman–Crippen MR) is 169 cm³/mol. The van der Waals surface area contributed by atoms with Crippen LogP contribution in [0.3, 0.4) is 0 Å². The Hall–Kier alpha value is -3.92. The summed E-state index contributed by atoms with van der Waals surface area (Å²) in [6.45, 7) is 5.57. The molecule has 4 aromatic rings. The van der Waals surface area contributed by atoms with Gasteiger partial charge in [-0.15, -0.1) is 0 Å². The summed E-state index contributed by atoms with van der Waals surface area (Å²) < 4.78 is 10.3. The highest BCUT2D eigenvalue weighted by atomic mass is 16.5. The number of nitrogens with one attached hydrogen (secondary N) is 1. The van der Waals surface area contributed by atoms with E-state index >= 15 is 0 Å². The highest BCUT2D eigenvalue weighted by Gasteiger charge is 2.33. The maximum absolute atomic E-state index is 13.8. The third-order valence-corrected chi connectivity index (χ3v) is 9.64. The summed E-state index contributed by atoms with van der Waals surface area (Å²) in [5, 5.41) is 7.63. The minimum Gasteiger partial charge on any atom is -0.477 e.